The van der Waals surface area contributed by atoms with Crippen molar-refractivity contribution in [3.8, 4) is 11.8 Å². The molecular weight excluding hydrogens is 314 g/mol. The molecule has 0 saturated carbocycles. The molecule has 0 unspecified atom stereocenters. The highest BCUT2D eigenvalue weighted by atomic mass is 79.9. The zero-order chi connectivity index (χ0) is 14.6. The van der Waals surface area contributed by atoms with E-state index in [4.69, 9.17) is 10.00 Å². The molecule has 20 heavy (non-hydrogen) atoms. The summed E-state index contributed by atoms with van der Waals surface area (Å²) in [7, 11) is 0. The summed E-state index contributed by atoms with van der Waals surface area (Å²) in [6.07, 6.45) is 1.74. The fourth-order valence-electron chi connectivity index (χ4n) is 2.04. The standard InChI is InChI=1S/C17H18BrNO/c1-17(2,12-19)8-3-9-20-16-7-5-13-10-15(18)6-4-14(13)11-16/h4-7,10-11H,3,8-9H2,1-2H3. The van der Waals surface area contributed by atoms with Gasteiger partial charge in [0.05, 0.1) is 18.1 Å². The van der Waals surface area contributed by atoms with Crippen LogP contribution in [0.3, 0.4) is 0 Å². The summed E-state index contributed by atoms with van der Waals surface area (Å²) in [5.74, 6) is 0.884. The van der Waals surface area contributed by atoms with Crippen LogP contribution in [0.2, 0.25) is 0 Å². The quantitative estimate of drug-likeness (QED) is 0.695. The number of hydrogen-bond acceptors (Lipinski definition) is 2. The minimum Gasteiger partial charge on any atom is -0.494 e. The molecule has 0 aromatic heterocycles. The maximum Gasteiger partial charge on any atom is 0.119 e. The van der Waals surface area contributed by atoms with Crippen molar-refractivity contribution in [3.05, 3.63) is 40.9 Å². The molecule has 2 aromatic carbocycles. The molecule has 0 aliphatic heterocycles. The van der Waals surface area contributed by atoms with Crippen molar-refractivity contribution < 1.29 is 4.74 Å². The van der Waals surface area contributed by atoms with Gasteiger partial charge in [-0.2, -0.15) is 5.26 Å². The monoisotopic (exact) mass is 331 g/mol. The third-order valence-corrected chi connectivity index (χ3v) is 3.78. The van der Waals surface area contributed by atoms with Crippen molar-refractivity contribution in [3.63, 3.8) is 0 Å². The molecule has 104 valence electrons. The minimum absolute atomic E-state index is 0.265. The Kier molecular flexibility index (Phi) is 4.67. The highest BCUT2D eigenvalue weighted by Gasteiger charge is 2.15. The summed E-state index contributed by atoms with van der Waals surface area (Å²) in [6.45, 7) is 4.56. The third-order valence-electron chi connectivity index (χ3n) is 3.29. The highest BCUT2D eigenvalue weighted by molar-refractivity contribution is 9.10. The Bertz CT molecular complexity index is 643. The molecule has 3 heteroatoms. The van der Waals surface area contributed by atoms with Crippen molar-refractivity contribution in [2.75, 3.05) is 6.61 Å². The van der Waals surface area contributed by atoms with Crippen LogP contribution in [0.5, 0.6) is 5.75 Å². The second kappa shape index (κ2) is 6.28. The van der Waals surface area contributed by atoms with Gasteiger partial charge < -0.3 is 4.74 Å². The molecule has 0 spiro atoms. The van der Waals surface area contributed by atoms with Gasteiger partial charge in [-0.05, 0) is 61.7 Å². The van der Waals surface area contributed by atoms with Crippen molar-refractivity contribution in [2.24, 2.45) is 5.41 Å². The summed E-state index contributed by atoms with van der Waals surface area (Å²) in [6, 6.07) is 14.6. The van der Waals surface area contributed by atoms with Crippen molar-refractivity contribution >= 4 is 26.7 Å². The fourth-order valence-corrected chi connectivity index (χ4v) is 2.42. The van der Waals surface area contributed by atoms with Crippen LogP contribution >= 0.6 is 15.9 Å². The zero-order valence-electron chi connectivity index (χ0n) is 11.8. The summed E-state index contributed by atoms with van der Waals surface area (Å²) in [5, 5.41) is 11.3. The number of rotatable bonds is 5. The Morgan fingerprint density at radius 3 is 2.60 bits per heavy atom. The molecule has 2 rings (SSSR count). The van der Waals surface area contributed by atoms with E-state index >= 15 is 0 Å². The second-order valence-corrected chi connectivity index (χ2v) is 6.52. The molecule has 2 nitrogen and oxygen atoms in total. The van der Waals surface area contributed by atoms with Crippen LogP contribution < -0.4 is 4.74 Å². The van der Waals surface area contributed by atoms with Gasteiger partial charge in [0.2, 0.25) is 0 Å². The minimum atomic E-state index is -0.265. The van der Waals surface area contributed by atoms with Crippen LogP contribution in [0.25, 0.3) is 10.8 Å². The van der Waals surface area contributed by atoms with Gasteiger partial charge in [-0.3, -0.25) is 0 Å². The molecule has 0 atom stereocenters. The molecule has 0 bridgehead atoms. The van der Waals surface area contributed by atoms with E-state index in [2.05, 4.69) is 46.3 Å². The average Bonchev–Trinajstić information content (AvgIpc) is 2.43. The summed E-state index contributed by atoms with van der Waals surface area (Å²) in [4.78, 5) is 0. The molecular formula is C17H18BrNO. The van der Waals surface area contributed by atoms with Crippen LogP contribution in [0.4, 0.5) is 0 Å². The van der Waals surface area contributed by atoms with E-state index in [-0.39, 0.29) is 5.41 Å². The lowest BCUT2D eigenvalue weighted by Crippen LogP contribution is -2.10. The first-order valence-electron chi connectivity index (χ1n) is 6.74. The van der Waals surface area contributed by atoms with Gasteiger partial charge in [0.15, 0.2) is 0 Å². The van der Waals surface area contributed by atoms with Crippen molar-refractivity contribution in [2.45, 2.75) is 26.7 Å². The number of hydrogen-bond donors (Lipinski definition) is 0. The molecule has 0 fully saturated rings. The van der Waals surface area contributed by atoms with E-state index in [1.54, 1.807) is 0 Å². The Balaban J connectivity index is 1.94. The van der Waals surface area contributed by atoms with E-state index in [0.29, 0.717) is 6.61 Å². The van der Waals surface area contributed by atoms with E-state index in [1.165, 1.54) is 10.8 Å². The first kappa shape index (κ1) is 14.9. The third kappa shape index (κ3) is 3.98. The van der Waals surface area contributed by atoms with Gasteiger partial charge in [-0.15, -0.1) is 0 Å². The zero-order valence-corrected chi connectivity index (χ0v) is 13.4. The maximum atomic E-state index is 8.96. The first-order valence-corrected chi connectivity index (χ1v) is 7.53. The van der Waals surface area contributed by atoms with Crippen LogP contribution in [-0.4, -0.2) is 6.61 Å². The van der Waals surface area contributed by atoms with Gasteiger partial charge in [0.25, 0.3) is 0 Å². The lowest BCUT2D eigenvalue weighted by Gasteiger charge is -2.14. The molecule has 0 saturated heterocycles. The Labute approximate surface area is 128 Å². The maximum absolute atomic E-state index is 8.96. The molecule has 0 aliphatic rings. The van der Waals surface area contributed by atoms with Gasteiger partial charge in [-0.1, -0.05) is 28.1 Å². The fraction of sp³-hybridized carbons (Fsp3) is 0.353. The van der Waals surface area contributed by atoms with Gasteiger partial charge in [0, 0.05) is 4.47 Å². The van der Waals surface area contributed by atoms with E-state index in [0.717, 1.165) is 23.1 Å². The van der Waals surface area contributed by atoms with Gasteiger partial charge in [0.1, 0.15) is 5.75 Å². The van der Waals surface area contributed by atoms with Crippen molar-refractivity contribution in [1.82, 2.24) is 0 Å². The van der Waals surface area contributed by atoms with Crippen LogP contribution in [-0.2, 0) is 0 Å². The molecule has 0 aliphatic carbocycles. The van der Waals surface area contributed by atoms with Crippen LogP contribution in [0, 0.1) is 16.7 Å². The van der Waals surface area contributed by atoms with Gasteiger partial charge >= 0.3 is 0 Å². The number of nitriles is 1. The van der Waals surface area contributed by atoms with Crippen LogP contribution in [0.15, 0.2) is 40.9 Å². The molecule has 0 radical (unpaired) electrons. The highest BCUT2D eigenvalue weighted by Crippen LogP contribution is 2.25. The van der Waals surface area contributed by atoms with E-state index in [9.17, 15) is 0 Å². The van der Waals surface area contributed by atoms with E-state index in [1.807, 2.05) is 26.0 Å². The lowest BCUT2D eigenvalue weighted by molar-refractivity contribution is 0.284. The molecule has 0 amide bonds. The lowest BCUT2D eigenvalue weighted by atomic mass is 9.90. The normalized spacial score (nSPS) is 11.3. The average molecular weight is 332 g/mol. The number of ether oxygens (including phenoxy) is 1. The topological polar surface area (TPSA) is 33.0 Å². The Morgan fingerprint density at radius 1 is 1.15 bits per heavy atom. The SMILES string of the molecule is CC(C)(C#N)CCCOc1ccc2cc(Br)ccc2c1. The summed E-state index contributed by atoms with van der Waals surface area (Å²) < 4.78 is 6.84. The number of benzene rings is 2. The van der Waals surface area contributed by atoms with Crippen LogP contribution in [0.1, 0.15) is 26.7 Å². The summed E-state index contributed by atoms with van der Waals surface area (Å²) >= 11 is 3.47. The smallest absolute Gasteiger partial charge is 0.119 e. The summed E-state index contributed by atoms with van der Waals surface area (Å²) in [5.41, 5.74) is -0.265. The van der Waals surface area contributed by atoms with Gasteiger partial charge in [-0.25, -0.2) is 0 Å². The Morgan fingerprint density at radius 2 is 1.85 bits per heavy atom. The predicted octanol–water partition coefficient (Wildman–Crippen LogP) is 5.31. The van der Waals surface area contributed by atoms with E-state index < -0.39 is 0 Å². The molecule has 2 aromatic rings. The molecule has 0 heterocycles. The van der Waals surface area contributed by atoms with Crippen molar-refractivity contribution in [1.29, 1.82) is 5.26 Å². The number of nitrogens with zero attached hydrogens (tertiary/aromatic N) is 1. The number of halogens is 1. The predicted molar refractivity (Wildman–Crippen MR) is 85.8 cm³/mol. The largest absolute Gasteiger partial charge is 0.494 e. The molecule has 0 N–H and O–H groups in total. The first-order chi connectivity index (χ1) is 9.50. The number of fused-ring (bicyclic) bond motifs is 1. The second-order valence-electron chi connectivity index (χ2n) is 5.60. The Hall–Kier alpha value is -1.53.